The maximum absolute atomic E-state index is 14.0. The van der Waals surface area contributed by atoms with Crippen molar-refractivity contribution in [3.63, 3.8) is 0 Å². The molecule has 4 amide bonds. The van der Waals surface area contributed by atoms with Crippen LogP contribution in [-0.4, -0.2) is 77.9 Å². The summed E-state index contributed by atoms with van der Waals surface area (Å²) in [6.07, 6.45) is 9.83. The Hall–Kier alpha value is -4.44. The highest BCUT2D eigenvalue weighted by molar-refractivity contribution is 5.91. The van der Waals surface area contributed by atoms with Crippen LogP contribution in [0.25, 0.3) is 10.9 Å². The van der Waals surface area contributed by atoms with Crippen LogP contribution in [0.4, 0.5) is 0 Å². The Bertz CT molecular complexity index is 1610. The Labute approximate surface area is 275 Å². The summed E-state index contributed by atoms with van der Waals surface area (Å²) in [4.78, 5) is 59.1. The number of benzene rings is 2. The van der Waals surface area contributed by atoms with Gasteiger partial charge in [0.05, 0.1) is 5.41 Å². The molecular formula is C37H45N5O5. The minimum Gasteiger partial charge on any atom is -0.381 e. The number of carbonyl (C=O) groups is 4. The van der Waals surface area contributed by atoms with E-state index in [0.717, 1.165) is 22.0 Å². The topological polar surface area (TPSA) is 133 Å². The first kappa shape index (κ1) is 32.5. The highest BCUT2D eigenvalue weighted by Crippen LogP contribution is 2.36. The van der Waals surface area contributed by atoms with Crippen LogP contribution < -0.4 is 16.0 Å². The number of hydrogen-bond acceptors (Lipinski definition) is 5. The van der Waals surface area contributed by atoms with Gasteiger partial charge in [0.25, 0.3) is 0 Å². The van der Waals surface area contributed by atoms with E-state index in [0.29, 0.717) is 71.2 Å². The number of aromatic amines is 1. The molecule has 10 heteroatoms. The lowest BCUT2D eigenvalue weighted by Crippen LogP contribution is -2.60. The molecule has 2 fully saturated rings. The molecule has 0 aliphatic carbocycles. The summed E-state index contributed by atoms with van der Waals surface area (Å²) >= 11 is 0. The van der Waals surface area contributed by atoms with Crippen molar-refractivity contribution >= 4 is 34.5 Å². The Morgan fingerprint density at radius 1 is 1.02 bits per heavy atom. The second-order valence-electron chi connectivity index (χ2n) is 13.3. The number of fused-ring (bicyclic) bond motifs is 2. The van der Waals surface area contributed by atoms with Crippen molar-refractivity contribution in [3.05, 3.63) is 84.1 Å². The van der Waals surface area contributed by atoms with E-state index in [9.17, 15) is 19.2 Å². The first-order valence-corrected chi connectivity index (χ1v) is 16.8. The standard InChI is InChI=1S/C37H45N5O5/c1-25(43)39-33(22-28-23-38-31-13-6-5-12-29(28)31)35(45)42-18-14-30-27(24-42)11-7-8-15-37(16-19-47-20-17-37)36(46)41-32(34(44)40-30)21-26-9-3-2-4-10-26/h2-10,12-13,23,27,30,32-33,38H,11,14-22,24H2,1H3,(H,39,43)(H,40,44)(H,41,46)/b8-7+/t27-,30-,32-,33-/m0/s1. The largest absolute Gasteiger partial charge is 0.381 e. The highest BCUT2D eigenvalue weighted by atomic mass is 16.5. The van der Waals surface area contributed by atoms with Gasteiger partial charge in [-0.15, -0.1) is 0 Å². The number of para-hydroxylation sites is 1. The van der Waals surface area contributed by atoms with E-state index < -0.39 is 17.5 Å². The molecule has 3 aromatic rings. The van der Waals surface area contributed by atoms with Crippen LogP contribution in [0.5, 0.6) is 0 Å². The van der Waals surface area contributed by atoms with Crippen LogP contribution in [-0.2, 0) is 36.8 Å². The summed E-state index contributed by atoms with van der Waals surface area (Å²) in [5.41, 5.74) is 2.29. The van der Waals surface area contributed by atoms with Crippen LogP contribution in [0.3, 0.4) is 0 Å². The van der Waals surface area contributed by atoms with E-state index in [1.165, 1.54) is 6.92 Å². The van der Waals surface area contributed by atoms with Crippen molar-refractivity contribution in [1.29, 1.82) is 0 Å². The number of carbonyl (C=O) groups excluding carboxylic acids is 4. The molecule has 47 heavy (non-hydrogen) atoms. The summed E-state index contributed by atoms with van der Waals surface area (Å²) in [5, 5.41) is 10.3. The first-order chi connectivity index (χ1) is 22.8. The molecule has 3 aliphatic heterocycles. The molecule has 0 unspecified atom stereocenters. The molecule has 248 valence electrons. The quantitative estimate of drug-likeness (QED) is 0.307. The van der Waals surface area contributed by atoms with Gasteiger partial charge in [-0.2, -0.15) is 0 Å². The zero-order valence-electron chi connectivity index (χ0n) is 27.0. The Morgan fingerprint density at radius 3 is 2.57 bits per heavy atom. The second kappa shape index (κ2) is 14.5. The number of H-pyrrole nitrogens is 1. The predicted octanol–water partition coefficient (Wildman–Crippen LogP) is 3.42. The zero-order chi connectivity index (χ0) is 32.8. The maximum atomic E-state index is 14.0. The fourth-order valence-corrected chi connectivity index (χ4v) is 7.37. The van der Waals surface area contributed by atoms with Gasteiger partial charge in [0.1, 0.15) is 12.1 Å². The van der Waals surface area contributed by atoms with E-state index in [2.05, 4.69) is 33.1 Å². The Balaban J connectivity index is 1.22. The van der Waals surface area contributed by atoms with Crippen molar-refractivity contribution in [3.8, 4) is 0 Å². The molecule has 1 aromatic heterocycles. The summed E-state index contributed by atoms with van der Waals surface area (Å²) < 4.78 is 5.61. The van der Waals surface area contributed by atoms with Crippen molar-refractivity contribution in [1.82, 2.24) is 25.8 Å². The molecule has 3 aliphatic rings. The molecule has 4 N–H and O–H groups in total. The maximum Gasteiger partial charge on any atom is 0.245 e. The van der Waals surface area contributed by atoms with E-state index in [4.69, 9.17) is 4.74 Å². The number of rotatable bonds is 6. The second-order valence-corrected chi connectivity index (χ2v) is 13.3. The number of amides is 4. The molecule has 0 radical (unpaired) electrons. The van der Waals surface area contributed by atoms with Crippen molar-refractivity contribution in [2.45, 2.75) is 70.0 Å². The molecule has 10 nitrogen and oxygen atoms in total. The summed E-state index contributed by atoms with van der Waals surface area (Å²) in [6, 6.07) is 16.1. The number of nitrogens with one attached hydrogen (secondary N) is 4. The normalized spacial score (nSPS) is 24.6. The molecule has 6 rings (SSSR count). The van der Waals surface area contributed by atoms with Gasteiger partial charge in [-0.3, -0.25) is 19.2 Å². The number of aromatic nitrogens is 1. The van der Waals surface area contributed by atoms with Crippen molar-refractivity contribution < 1.29 is 23.9 Å². The van der Waals surface area contributed by atoms with Crippen molar-refractivity contribution in [2.75, 3.05) is 26.3 Å². The van der Waals surface area contributed by atoms with Crippen LogP contribution >= 0.6 is 0 Å². The van der Waals surface area contributed by atoms with E-state index in [-0.39, 0.29) is 35.6 Å². The summed E-state index contributed by atoms with van der Waals surface area (Å²) in [6.45, 7) is 3.35. The predicted molar refractivity (Wildman–Crippen MR) is 179 cm³/mol. The smallest absolute Gasteiger partial charge is 0.245 e. The monoisotopic (exact) mass is 639 g/mol. The number of hydrogen-bond donors (Lipinski definition) is 4. The van der Waals surface area contributed by atoms with Gasteiger partial charge in [-0.25, -0.2) is 0 Å². The minimum atomic E-state index is -0.728. The van der Waals surface area contributed by atoms with Crippen molar-refractivity contribution in [2.24, 2.45) is 11.3 Å². The fraction of sp³-hybridized carbons (Fsp3) is 0.459. The third-order valence-corrected chi connectivity index (χ3v) is 10.1. The number of allylic oxidation sites excluding steroid dienone is 2. The summed E-state index contributed by atoms with van der Waals surface area (Å²) in [5.74, 6) is -0.719. The molecule has 2 saturated heterocycles. The molecule has 4 atom stereocenters. The number of nitrogens with zero attached hydrogens (tertiary/aromatic N) is 1. The lowest BCUT2D eigenvalue weighted by atomic mass is 9.75. The average molecular weight is 640 g/mol. The van der Waals surface area contributed by atoms with Gasteiger partial charge in [0.15, 0.2) is 0 Å². The van der Waals surface area contributed by atoms with Crippen LogP contribution in [0.2, 0.25) is 0 Å². The van der Waals surface area contributed by atoms with E-state index in [1.807, 2.05) is 65.7 Å². The van der Waals surface area contributed by atoms with Gasteiger partial charge < -0.3 is 30.6 Å². The van der Waals surface area contributed by atoms with Crippen LogP contribution in [0, 0.1) is 11.3 Å². The molecule has 4 heterocycles. The van der Waals surface area contributed by atoms with Gasteiger partial charge in [0, 0.05) is 75.1 Å². The first-order valence-electron chi connectivity index (χ1n) is 16.8. The molecule has 0 bridgehead atoms. The zero-order valence-corrected chi connectivity index (χ0v) is 27.0. The molecule has 2 aromatic carbocycles. The summed E-state index contributed by atoms with van der Waals surface area (Å²) in [7, 11) is 0. The fourth-order valence-electron chi connectivity index (χ4n) is 7.37. The molecular weight excluding hydrogens is 594 g/mol. The third kappa shape index (κ3) is 7.59. The van der Waals surface area contributed by atoms with Gasteiger partial charge in [-0.05, 0) is 49.3 Å². The lowest BCUT2D eigenvalue weighted by molar-refractivity contribution is -0.141. The van der Waals surface area contributed by atoms with E-state index in [1.54, 1.807) is 0 Å². The van der Waals surface area contributed by atoms with Gasteiger partial charge in [0.2, 0.25) is 23.6 Å². The highest BCUT2D eigenvalue weighted by Gasteiger charge is 2.42. The number of likely N-dealkylation sites (tertiary alicyclic amines) is 1. The minimum absolute atomic E-state index is 0.0305. The average Bonchev–Trinajstić information content (AvgIpc) is 3.49. The third-order valence-electron chi connectivity index (χ3n) is 10.1. The molecule has 1 spiro atoms. The SMILES string of the molecule is CC(=O)N[C@@H](Cc1c[nH]c2ccccc12)C(=O)N1CC[C@@H]2NC(=O)[C@H](Cc3ccccc3)NC(=O)C3(C/C=C/C[C@H]2C1)CCOCC3. The molecule has 0 saturated carbocycles. The number of ether oxygens (including phenoxy) is 1. The lowest BCUT2D eigenvalue weighted by Gasteiger charge is -2.41. The Morgan fingerprint density at radius 2 is 1.79 bits per heavy atom. The van der Waals surface area contributed by atoms with Gasteiger partial charge >= 0.3 is 0 Å². The van der Waals surface area contributed by atoms with Crippen LogP contribution in [0.1, 0.15) is 50.2 Å². The Kier molecular flexibility index (Phi) is 10.1. The van der Waals surface area contributed by atoms with Crippen LogP contribution in [0.15, 0.2) is 72.9 Å². The number of piperidine rings is 1. The van der Waals surface area contributed by atoms with Gasteiger partial charge in [-0.1, -0.05) is 60.7 Å². The van der Waals surface area contributed by atoms with E-state index >= 15 is 0 Å².